The van der Waals surface area contributed by atoms with E-state index >= 15 is 0 Å². The first kappa shape index (κ1) is 17.4. The van der Waals surface area contributed by atoms with Gasteiger partial charge in [0.1, 0.15) is 24.7 Å². The predicted octanol–water partition coefficient (Wildman–Crippen LogP) is 2.92. The SMILES string of the molecule is Cc1nccn1CC(=O)N/N=C\c1ccc(OCc2ccccc2)cc1. The highest BCUT2D eigenvalue weighted by Crippen LogP contribution is 2.13. The summed E-state index contributed by atoms with van der Waals surface area (Å²) in [6.45, 7) is 2.56. The van der Waals surface area contributed by atoms with Crippen LogP contribution in [-0.2, 0) is 17.9 Å². The summed E-state index contributed by atoms with van der Waals surface area (Å²) >= 11 is 0. The first-order valence-corrected chi connectivity index (χ1v) is 8.27. The number of benzene rings is 2. The van der Waals surface area contributed by atoms with Crippen molar-refractivity contribution in [1.82, 2.24) is 15.0 Å². The van der Waals surface area contributed by atoms with Crippen LogP contribution >= 0.6 is 0 Å². The normalized spacial score (nSPS) is 10.8. The van der Waals surface area contributed by atoms with Gasteiger partial charge in [0.15, 0.2) is 0 Å². The Morgan fingerprint density at radius 3 is 2.65 bits per heavy atom. The molecule has 0 aliphatic carbocycles. The number of imidazole rings is 1. The molecule has 132 valence electrons. The van der Waals surface area contributed by atoms with E-state index in [4.69, 9.17) is 4.74 Å². The molecule has 1 heterocycles. The van der Waals surface area contributed by atoms with Gasteiger partial charge in [0.2, 0.25) is 0 Å². The molecular weight excluding hydrogens is 328 g/mol. The Balaban J connectivity index is 1.47. The van der Waals surface area contributed by atoms with Gasteiger partial charge in [-0.3, -0.25) is 4.79 Å². The molecule has 0 saturated carbocycles. The van der Waals surface area contributed by atoms with Crippen LogP contribution in [0.15, 0.2) is 72.1 Å². The largest absolute Gasteiger partial charge is 0.489 e. The van der Waals surface area contributed by atoms with Crippen molar-refractivity contribution in [3.63, 3.8) is 0 Å². The van der Waals surface area contributed by atoms with Crippen molar-refractivity contribution in [3.05, 3.63) is 83.9 Å². The van der Waals surface area contributed by atoms with Crippen molar-refractivity contribution in [2.24, 2.45) is 5.10 Å². The average Bonchev–Trinajstić information content (AvgIpc) is 3.06. The number of hydrazone groups is 1. The molecule has 0 bridgehead atoms. The first-order chi connectivity index (χ1) is 12.7. The molecule has 0 spiro atoms. The van der Waals surface area contributed by atoms with E-state index in [-0.39, 0.29) is 12.5 Å². The third-order valence-corrected chi connectivity index (χ3v) is 3.77. The first-order valence-electron chi connectivity index (χ1n) is 8.27. The standard InChI is InChI=1S/C20H20N4O2/c1-16-21-11-12-24(16)14-20(25)23-22-13-17-7-9-19(10-8-17)26-15-18-5-3-2-4-6-18/h2-13H,14-15H2,1H3,(H,23,25)/b22-13-. The second-order valence-corrected chi connectivity index (χ2v) is 5.74. The molecule has 0 aliphatic heterocycles. The predicted molar refractivity (Wildman–Crippen MR) is 99.9 cm³/mol. The molecule has 2 aromatic carbocycles. The van der Waals surface area contributed by atoms with Crippen LogP contribution in [0.1, 0.15) is 17.0 Å². The van der Waals surface area contributed by atoms with Gasteiger partial charge in [0.05, 0.1) is 6.21 Å². The van der Waals surface area contributed by atoms with Crippen LogP contribution in [0.3, 0.4) is 0 Å². The van der Waals surface area contributed by atoms with Gasteiger partial charge in [-0.15, -0.1) is 0 Å². The maximum atomic E-state index is 11.8. The second kappa shape index (κ2) is 8.62. The highest BCUT2D eigenvalue weighted by molar-refractivity contribution is 5.82. The van der Waals surface area contributed by atoms with Crippen LogP contribution in [0.2, 0.25) is 0 Å². The monoisotopic (exact) mass is 348 g/mol. The number of carbonyl (C=O) groups excluding carboxylic acids is 1. The van der Waals surface area contributed by atoms with Crippen LogP contribution in [-0.4, -0.2) is 21.7 Å². The maximum Gasteiger partial charge on any atom is 0.260 e. The quantitative estimate of drug-likeness (QED) is 0.527. The minimum absolute atomic E-state index is 0.190. The van der Waals surface area contributed by atoms with Crippen LogP contribution in [0.4, 0.5) is 0 Å². The zero-order valence-electron chi connectivity index (χ0n) is 14.5. The van der Waals surface area contributed by atoms with E-state index < -0.39 is 0 Å². The lowest BCUT2D eigenvalue weighted by atomic mass is 10.2. The van der Waals surface area contributed by atoms with Gasteiger partial charge in [-0.1, -0.05) is 30.3 Å². The third kappa shape index (κ3) is 5.04. The van der Waals surface area contributed by atoms with Crippen LogP contribution in [0.5, 0.6) is 5.75 Å². The minimum atomic E-state index is -0.204. The van der Waals surface area contributed by atoms with Gasteiger partial charge in [-0.25, -0.2) is 10.4 Å². The molecular formula is C20H20N4O2. The van der Waals surface area contributed by atoms with Gasteiger partial charge in [-0.05, 0) is 42.3 Å². The Morgan fingerprint density at radius 1 is 1.19 bits per heavy atom. The third-order valence-electron chi connectivity index (χ3n) is 3.77. The lowest BCUT2D eigenvalue weighted by Gasteiger charge is -2.06. The number of aryl methyl sites for hydroxylation is 1. The highest BCUT2D eigenvalue weighted by atomic mass is 16.5. The van der Waals surface area contributed by atoms with Gasteiger partial charge in [0, 0.05) is 12.4 Å². The molecule has 0 fully saturated rings. The fourth-order valence-corrected chi connectivity index (χ4v) is 2.33. The van der Waals surface area contributed by atoms with Crippen molar-refractivity contribution in [2.45, 2.75) is 20.1 Å². The van der Waals surface area contributed by atoms with E-state index in [1.807, 2.05) is 61.5 Å². The van der Waals surface area contributed by atoms with Gasteiger partial charge in [0.25, 0.3) is 5.91 Å². The van der Waals surface area contributed by atoms with E-state index in [0.29, 0.717) is 6.61 Å². The molecule has 6 nitrogen and oxygen atoms in total. The number of hydrogen-bond donors (Lipinski definition) is 1. The highest BCUT2D eigenvalue weighted by Gasteiger charge is 2.03. The van der Waals surface area contributed by atoms with Crippen LogP contribution < -0.4 is 10.2 Å². The summed E-state index contributed by atoms with van der Waals surface area (Å²) in [6.07, 6.45) is 5.01. The number of aromatic nitrogens is 2. The summed E-state index contributed by atoms with van der Waals surface area (Å²) in [5.41, 5.74) is 4.50. The van der Waals surface area contributed by atoms with E-state index in [9.17, 15) is 4.79 Å². The number of carbonyl (C=O) groups is 1. The van der Waals surface area contributed by atoms with Crippen LogP contribution in [0, 0.1) is 6.92 Å². The Hall–Kier alpha value is -3.41. The summed E-state index contributed by atoms with van der Waals surface area (Å²) in [6, 6.07) is 17.5. The van der Waals surface area contributed by atoms with Crippen molar-refractivity contribution in [1.29, 1.82) is 0 Å². The van der Waals surface area contributed by atoms with Gasteiger partial charge < -0.3 is 9.30 Å². The molecule has 1 amide bonds. The smallest absolute Gasteiger partial charge is 0.260 e. The fraction of sp³-hybridized carbons (Fsp3) is 0.150. The van der Waals surface area contributed by atoms with E-state index in [2.05, 4.69) is 15.5 Å². The molecule has 1 N–H and O–H groups in total. The van der Waals surface area contributed by atoms with Gasteiger partial charge in [-0.2, -0.15) is 5.10 Å². The number of hydrogen-bond acceptors (Lipinski definition) is 4. The Kier molecular flexibility index (Phi) is 5.77. The number of ether oxygens (including phenoxy) is 1. The number of nitrogens with zero attached hydrogens (tertiary/aromatic N) is 3. The van der Waals surface area contributed by atoms with Gasteiger partial charge >= 0.3 is 0 Å². The van der Waals surface area contributed by atoms with Crippen molar-refractivity contribution in [3.8, 4) is 5.75 Å². The van der Waals surface area contributed by atoms with Crippen LogP contribution in [0.25, 0.3) is 0 Å². The molecule has 0 radical (unpaired) electrons. The zero-order chi connectivity index (χ0) is 18.2. The minimum Gasteiger partial charge on any atom is -0.489 e. The Morgan fingerprint density at radius 2 is 1.96 bits per heavy atom. The van der Waals surface area contributed by atoms with Crippen molar-refractivity contribution in [2.75, 3.05) is 0 Å². The fourth-order valence-electron chi connectivity index (χ4n) is 2.33. The average molecular weight is 348 g/mol. The topological polar surface area (TPSA) is 68.5 Å². The molecule has 0 aliphatic rings. The molecule has 0 unspecified atom stereocenters. The molecule has 6 heteroatoms. The van der Waals surface area contributed by atoms with Crippen molar-refractivity contribution < 1.29 is 9.53 Å². The van der Waals surface area contributed by atoms with E-state index in [1.165, 1.54) is 0 Å². The zero-order valence-corrected chi connectivity index (χ0v) is 14.5. The molecule has 0 atom stereocenters. The number of rotatable bonds is 7. The summed E-state index contributed by atoms with van der Waals surface area (Å²) < 4.78 is 7.49. The summed E-state index contributed by atoms with van der Waals surface area (Å²) in [4.78, 5) is 15.9. The molecule has 0 saturated heterocycles. The second-order valence-electron chi connectivity index (χ2n) is 5.74. The molecule has 3 rings (SSSR count). The lowest BCUT2D eigenvalue weighted by Crippen LogP contribution is -2.23. The summed E-state index contributed by atoms with van der Waals surface area (Å²) in [5.74, 6) is 1.37. The Labute approximate surface area is 152 Å². The number of amides is 1. The molecule has 1 aromatic heterocycles. The van der Waals surface area contributed by atoms with Crippen molar-refractivity contribution >= 4 is 12.1 Å². The molecule has 3 aromatic rings. The lowest BCUT2D eigenvalue weighted by molar-refractivity contribution is -0.121. The van der Waals surface area contributed by atoms with E-state index in [0.717, 1.165) is 22.7 Å². The molecule has 26 heavy (non-hydrogen) atoms. The number of nitrogens with one attached hydrogen (secondary N) is 1. The maximum absolute atomic E-state index is 11.8. The summed E-state index contributed by atoms with van der Waals surface area (Å²) in [5, 5.41) is 3.98. The Bertz CT molecular complexity index is 870. The van der Waals surface area contributed by atoms with E-state index in [1.54, 1.807) is 23.2 Å². The summed E-state index contributed by atoms with van der Waals surface area (Å²) in [7, 11) is 0.